The molecule has 1 atom stereocenters. The lowest BCUT2D eigenvalue weighted by Crippen LogP contribution is -2.24. The maximum absolute atomic E-state index is 9.63. The fourth-order valence-electron chi connectivity index (χ4n) is 2.28. The average Bonchev–Trinajstić information content (AvgIpc) is 2.34. The van der Waals surface area contributed by atoms with Crippen LogP contribution >= 0.6 is 22.6 Å². The van der Waals surface area contributed by atoms with Crippen LogP contribution in [0.25, 0.3) is 0 Å². The van der Waals surface area contributed by atoms with Crippen molar-refractivity contribution in [2.45, 2.75) is 51.4 Å². The fourth-order valence-corrected chi connectivity index (χ4v) is 2.82. The van der Waals surface area contributed by atoms with Gasteiger partial charge < -0.3 is 0 Å². The summed E-state index contributed by atoms with van der Waals surface area (Å²) in [4.78, 5) is 0. The van der Waals surface area contributed by atoms with E-state index < -0.39 is 0 Å². The van der Waals surface area contributed by atoms with Crippen molar-refractivity contribution in [3.05, 3.63) is 33.4 Å². The van der Waals surface area contributed by atoms with E-state index in [0.29, 0.717) is 0 Å². The van der Waals surface area contributed by atoms with Gasteiger partial charge in [-0.2, -0.15) is 5.26 Å². The predicted octanol–water partition coefficient (Wildman–Crippen LogP) is 5.04. The van der Waals surface area contributed by atoms with Gasteiger partial charge in [-0.1, -0.05) is 45.2 Å². The first-order valence-corrected chi connectivity index (χ1v) is 7.43. The molecule has 0 amide bonds. The topological polar surface area (TPSA) is 23.8 Å². The Hall–Kier alpha value is -0.560. The summed E-state index contributed by atoms with van der Waals surface area (Å²) in [5.41, 5.74) is 0.925. The van der Waals surface area contributed by atoms with Crippen molar-refractivity contribution in [3.63, 3.8) is 0 Å². The van der Waals surface area contributed by atoms with Gasteiger partial charge >= 0.3 is 0 Å². The van der Waals surface area contributed by atoms with Crippen molar-refractivity contribution in [2.24, 2.45) is 0 Å². The molecule has 17 heavy (non-hydrogen) atoms. The van der Waals surface area contributed by atoms with E-state index in [0.717, 1.165) is 32.1 Å². The highest BCUT2D eigenvalue weighted by molar-refractivity contribution is 14.1. The van der Waals surface area contributed by atoms with E-state index >= 15 is 0 Å². The van der Waals surface area contributed by atoms with E-state index in [-0.39, 0.29) is 5.41 Å². The summed E-state index contributed by atoms with van der Waals surface area (Å²) in [7, 11) is 0. The Kier molecular flexibility index (Phi) is 5.97. The highest BCUT2D eigenvalue weighted by Crippen LogP contribution is 2.34. The SMILES string of the molecule is CCCCC(C#N)(CCC)c1cccc(I)c1. The number of rotatable bonds is 6. The number of hydrogen-bond donors (Lipinski definition) is 0. The molecule has 0 aromatic heterocycles. The number of halogens is 1. The van der Waals surface area contributed by atoms with Crippen molar-refractivity contribution < 1.29 is 0 Å². The summed E-state index contributed by atoms with van der Waals surface area (Å²) in [6.07, 6.45) is 5.27. The second-order valence-electron chi connectivity index (χ2n) is 4.56. The Labute approximate surface area is 118 Å². The van der Waals surface area contributed by atoms with Crippen LogP contribution in [0.4, 0.5) is 0 Å². The largest absolute Gasteiger partial charge is 0.197 e. The van der Waals surface area contributed by atoms with Crippen molar-refractivity contribution in [3.8, 4) is 6.07 Å². The normalized spacial score (nSPS) is 14.0. The third-order valence-electron chi connectivity index (χ3n) is 3.23. The summed E-state index contributed by atoms with van der Waals surface area (Å²) in [6.45, 7) is 4.34. The number of unbranched alkanes of at least 4 members (excludes halogenated alkanes) is 1. The number of benzene rings is 1. The van der Waals surface area contributed by atoms with Gasteiger partial charge in [0.2, 0.25) is 0 Å². The van der Waals surface area contributed by atoms with Crippen molar-refractivity contribution >= 4 is 22.6 Å². The van der Waals surface area contributed by atoms with Crippen LogP contribution in [0.3, 0.4) is 0 Å². The standard InChI is InChI=1S/C15H20IN/c1-3-5-10-15(12-17,9-4-2)13-7-6-8-14(16)11-13/h6-8,11H,3-5,9-10H2,1-2H3. The summed E-state index contributed by atoms with van der Waals surface area (Å²) in [5.74, 6) is 0. The van der Waals surface area contributed by atoms with Gasteiger partial charge in [-0.3, -0.25) is 0 Å². The summed E-state index contributed by atoms with van der Waals surface area (Å²) < 4.78 is 1.22. The fraction of sp³-hybridized carbons (Fsp3) is 0.533. The molecule has 0 saturated heterocycles. The van der Waals surface area contributed by atoms with Gasteiger partial charge in [0.05, 0.1) is 11.5 Å². The molecular weight excluding hydrogens is 321 g/mol. The zero-order valence-electron chi connectivity index (χ0n) is 10.7. The lowest BCUT2D eigenvalue weighted by molar-refractivity contribution is 0.441. The molecule has 1 aromatic carbocycles. The Balaban J connectivity index is 3.08. The summed E-state index contributed by atoms with van der Waals surface area (Å²) in [6, 6.07) is 11.0. The lowest BCUT2D eigenvalue weighted by atomic mass is 9.74. The molecule has 0 aliphatic rings. The quantitative estimate of drug-likeness (QED) is 0.665. The van der Waals surface area contributed by atoms with Crippen molar-refractivity contribution in [1.29, 1.82) is 5.26 Å². The molecule has 1 unspecified atom stereocenters. The third-order valence-corrected chi connectivity index (χ3v) is 3.90. The van der Waals surface area contributed by atoms with Gasteiger partial charge in [0.15, 0.2) is 0 Å². The Morgan fingerprint density at radius 3 is 2.53 bits per heavy atom. The van der Waals surface area contributed by atoms with Crippen LogP contribution in [0.1, 0.15) is 51.5 Å². The first kappa shape index (κ1) is 14.5. The zero-order valence-corrected chi connectivity index (χ0v) is 12.8. The molecule has 2 heteroatoms. The van der Waals surface area contributed by atoms with E-state index in [1.54, 1.807) is 0 Å². The molecule has 0 heterocycles. The van der Waals surface area contributed by atoms with Gasteiger partial charge in [0.25, 0.3) is 0 Å². The number of nitrogens with zero attached hydrogens (tertiary/aromatic N) is 1. The molecule has 0 fully saturated rings. The molecule has 1 rings (SSSR count). The lowest BCUT2D eigenvalue weighted by Gasteiger charge is -2.27. The van der Waals surface area contributed by atoms with Gasteiger partial charge in [-0.15, -0.1) is 0 Å². The minimum absolute atomic E-state index is 0.272. The minimum atomic E-state index is -0.272. The van der Waals surface area contributed by atoms with Crippen LogP contribution < -0.4 is 0 Å². The molecule has 0 aliphatic carbocycles. The predicted molar refractivity (Wildman–Crippen MR) is 80.9 cm³/mol. The minimum Gasteiger partial charge on any atom is -0.197 e. The van der Waals surface area contributed by atoms with Gasteiger partial charge in [0.1, 0.15) is 0 Å². The molecular formula is C15H20IN. The van der Waals surface area contributed by atoms with Gasteiger partial charge in [0, 0.05) is 3.57 Å². The van der Waals surface area contributed by atoms with Crippen molar-refractivity contribution in [2.75, 3.05) is 0 Å². The highest BCUT2D eigenvalue weighted by atomic mass is 127. The van der Waals surface area contributed by atoms with E-state index in [1.165, 1.54) is 9.13 Å². The molecule has 0 radical (unpaired) electrons. The Morgan fingerprint density at radius 2 is 2.00 bits per heavy atom. The molecule has 0 bridgehead atoms. The highest BCUT2D eigenvalue weighted by Gasteiger charge is 2.30. The first-order valence-electron chi connectivity index (χ1n) is 6.36. The maximum atomic E-state index is 9.63. The monoisotopic (exact) mass is 341 g/mol. The number of hydrogen-bond acceptors (Lipinski definition) is 1. The Bertz CT molecular complexity index is 394. The van der Waals surface area contributed by atoms with E-state index in [1.807, 2.05) is 0 Å². The molecule has 0 saturated carbocycles. The van der Waals surface area contributed by atoms with Crippen LogP contribution in [0, 0.1) is 14.9 Å². The first-order chi connectivity index (χ1) is 8.18. The van der Waals surface area contributed by atoms with E-state index in [2.05, 4.69) is 66.8 Å². The molecule has 0 aliphatic heterocycles. The molecule has 1 aromatic rings. The average molecular weight is 341 g/mol. The van der Waals surface area contributed by atoms with E-state index in [4.69, 9.17) is 0 Å². The van der Waals surface area contributed by atoms with Crippen LogP contribution in [-0.2, 0) is 5.41 Å². The number of nitriles is 1. The van der Waals surface area contributed by atoms with Crippen molar-refractivity contribution in [1.82, 2.24) is 0 Å². The third kappa shape index (κ3) is 3.70. The van der Waals surface area contributed by atoms with Crippen LogP contribution in [-0.4, -0.2) is 0 Å². The van der Waals surface area contributed by atoms with Gasteiger partial charge in [-0.25, -0.2) is 0 Å². The van der Waals surface area contributed by atoms with Crippen LogP contribution in [0.5, 0.6) is 0 Å². The summed E-state index contributed by atoms with van der Waals surface area (Å²) >= 11 is 2.32. The second kappa shape index (κ2) is 7.00. The molecule has 0 spiro atoms. The maximum Gasteiger partial charge on any atom is 0.0822 e. The Morgan fingerprint density at radius 1 is 1.24 bits per heavy atom. The molecule has 1 nitrogen and oxygen atoms in total. The molecule has 92 valence electrons. The summed E-state index contributed by atoms with van der Waals surface area (Å²) in [5, 5.41) is 9.63. The molecule has 0 N–H and O–H groups in total. The van der Waals surface area contributed by atoms with E-state index in [9.17, 15) is 5.26 Å². The second-order valence-corrected chi connectivity index (χ2v) is 5.80. The van der Waals surface area contributed by atoms with Crippen LogP contribution in [0.2, 0.25) is 0 Å². The smallest absolute Gasteiger partial charge is 0.0822 e. The van der Waals surface area contributed by atoms with Gasteiger partial charge in [-0.05, 0) is 53.1 Å². The zero-order chi connectivity index (χ0) is 12.7. The van der Waals surface area contributed by atoms with Crippen LogP contribution in [0.15, 0.2) is 24.3 Å².